The highest BCUT2D eigenvalue weighted by atomic mass is 19.1. The molecule has 1 aromatic carbocycles. The van der Waals surface area contributed by atoms with E-state index in [9.17, 15) is 14.6 Å². The van der Waals surface area contributed by atoms with Gasteiger partial charge in [0.15, 0.2) is 0 Å². The topological polar surface area (TPSA) is 40.5 Å². The predicted molar refractivity (Wildman–Crippen MR) is 64.0 cm³/mol. The summed E-state index contributed by atoms with van der Waals surface area (Å²) in [6, 6.07) is 6.13. The first-order chi connectivity index (χ1) is 8.13. The highest BCUT2D eigenvalue weighted by molar-refractivity contribution is 5.22. The Hall–Kier alpha value is -0.930. The maximum atomic E-state index is 13.6. The first-order valence-electron chi connectivity index (χ1n) is 6.28. The molecule has 0 saturated heterocycles. The van der Waals surface area contributed by atoms with Crippen molar-refractivity contribution in [3.05, 3.63) is 35.6 Å². The highest BCUT2D eigenvalue weighted by Crippen LogP contribution is 2.38. The maximum absolute atomic E-state index is 13.6. The van der Waals surface area contributed by atoms with Gasteiger partial charge in [0.1, 0.15) is 11.9 Å². The SMILES string of the molecule is OC(c1ccccc1F)C1(O)CCCCCC1. The summed E-state index contributed by atoms with van der Waals surface area (Å²) < 4.78 is 13.6. The van der Waals surface area contributed by atoms with Gasteiger partial charge in [-0.05, 0) is 18.9 Å². The molecule has 1 atom stereocenters. The molecule has 0 aromatic heterocycles. The number of halogens is 1. The molecule has 0 radical (unpaired) electrons. The lowest BCUT2D eigenvalue weighted by atomic mass is 9.84. The highest BCUT2D eigenvalue weighted by Gasteiger charge is 2.37. The van der Waals surface area contributed by atoms with Crippen molar-refractivity contribution >= 4 is 0 Å². The molecule has 94 valence electrons. The van der Waals surface area contributed by atoms with Gasteiger partial charge in [-0.2, -0.15) is 0 Å². The third-order valence-electron chi connectivity index (χ3n) is 3.68. The van der Waals surface area contributed by atoms with Crippen LogP contribution in [0.2, 0.25) is 0 Å². The van der Waals surface area contributed by atoms with E-state index in [2.05, 4.69) is 0 Å². The van der Waals surface area contributed by atoms with E-state index in [1.807, 2.05) is 0 Å². The van der Waals surface area contributed by atoms with Crippen molar-refractivity contribution in [3.63, 3.8) is 0 Å². The Morgan fingerprint density at radius 3 is 2.24 bits per heavy atom. The first-order valence-corrected chi connectivity index (χ1v) is 6.28. The Morgan fingerprint density at radius 2 is 1.65 bits per heavy atom. The van der Waals surface area contributed by atoms with Crippen LogP contribution in [0.5, 0.6) is 0 Å². The molecular weight excluding hydrogens is 219 g/mol. The van der Waals surface area contributed by atoms with Crippen LogP contribution >= 0.6 is 0 Å². The number of hydrogen-bond donors (Lipinski definition) is 2. The minimum absolute atomic E-state index is 0.205. The molecule has 0 heterocycles. The van der Waals surface area contributed by atoms with E-state index < -0.39 is 17.5 Å². The van der Waals surface area contributed by atoms with Crippen molar-refractivity contribution in [3.8, 4) is 0 Å². The lowest BCUT2D eigenvalue weighted by Crippen LogP contribution is -2.36. The van der Waals surface area contributed by atoms with Gasteiger partial charge < -0.3 is 10.2 Å². The number of hydrogen-bond acceptors (Lipinski definition) is 2. The molecule has 1 unspecified atom stereocenters. The van der Waals surface area contributed by atoms with Crippen LogP contribution in [0, 0.1) is 5.82 Å². The second-order valence-corrected chi connectivity index (χ2v) is 4.94. The summed E-state index contributed by atoms with van der Waals surface area (Å²) in [5.74, 6) is -0.447. The lowest BCUT2D eigenvalue weighted by molar-refractivity contribution is -0.0880. The van der Waals surface area contributed by atoms with Crippen molar-refractivity contribution in [1.29, 1.82) is 0 Å². The second kappa shape index (κ2) is 5.15. The molecule has 1 aromatic rings. The number of aliphatic hydroxyl groups is 2. The summed E-state index contributed by atoms with van der Waals surface area (Å²) >= 11 is 0. The van der Waals surface area contributed by atoms with Crippen molar-refractivity contribution in [2.75, 3.05) is 0 Å². The minimum atomic E-state index is -1.17. The zero-order valence-electron chi connectivity index (χ0n) is 9.90. The van der Waals surface area contributed by atoms with Crippen LogP contribution < -0.4 is 0 Å². The lowest BCUT2D eigenvalue weighted by Gasteiger charge is -2.32. The van der Waals surface area contributed by atoms with Gasteiger partial charge in [0.25, 0.3) is 0 Å². The van der Waals surface area contributed by atoms with E-state index >= 15 is 0 Å². The fourth-order valence-electron chi connectivity index (χ4n) is 2.60. The van der Waals surface area contributed by atoms with Gasteiger partial charge in [-0.1, -0.05) is 43.9 Å². The van der Waals surface area contributed by atoms with Gasteiger partial charge in [0, 0.05) is 5.56 Å². The summed E-state index contributed by atoms with van der Waals surface area (Å²) in [5, 5.41) is 20.7. The normalized spacial score (nSPS) is 21.8. The van der Waals surface area contributed by atoms with Gasteiger partial charge >= 0.3 is 0 Å². The molecule has 1 saturated carbocycles. The number of aliphatic hydroxyl groups excluding tert-OH is 1. The van der Waals surface area contributed by atoms with Gasteiger partial charge in [-0.3, -0.25) is 0 Å². The fourth-order valence-corrected chi connectivity index (χ4v) is 2.60. The van der Waals surface area contributed by atoms with E-state index in [0.717, 1.165) is 25.7 Å². The van der Waals surface area contributed by atoms with Gasteiger partial charge in [-0.25, -0.2) is 4.39 Å². The Morgan fingerprint density at radius 1 is 1.06 bits per heavy atom. The summed E-state index contributed by atoms with van der Waals surface area (Å²) in [7, 11) is 0. The molecule has 1 aliphatic rings. The Balaban J connectivity index is 2.23. The van der Waals surface area contributed by atoms with E-state index in [0.29, 0.717) is 12.8 Å². The zero-order valence-corrected chi connectivity index (χ0v) is 9.90. The molecule has 1 aliphatic carbocycles. The molecule has 0 bridgehead atoms. The predicted octanol–water partition coefficient (Wildman–Crippen LogP) is 2.94. The molecule has 3 heteroatoms. The average Bonchev–Trinajstić information content (AvgIpc) is 2.55. The van der Waals surface area contributed by atoms with Crippen LogP contribution in [-0.2, 0) is 0 Å². The largest absolute Gasteiger partial charge is 0.387 e. The van der Waals surface area contributed by atoms with E-state index in [-0.39, 0.29) is 5.56 Å². The summed E-state index contributed by atoms with van der Waals surface area (Å²) in [6.07, 6.45) is 3.90. The van der Waals surface area contributed by atoms with Crippen LogP contribution in [0.3, 0.4) is 0 Å². The van der Waals surface area contributed by atoms with Gasteiger partial charge in [-0.15, -0.1) is 0 Å². The van der Waals surface area contributed by atoms with Crippen molar-refractivity contribution in [2.24, 2.45) is 0 Å². The zero-order chi connectivity index (χ0) is 12.3. The van der Waals surface area contributed by atoms with Crippen LogP contribution in [0.25, 0.3) is 0 Å². The van der Waals surface area contributed by atoms with Crippen LogP contribution in [-0.4, -0.2) is 15.8 Å². The minimum Gasteiger partial charge on any atom is -0.387 e. The Bertz CT molecular complexity index is 370. The average molecular weight is 238 g/mol. The summed E-state index contributed by atoms with van der Waals surface area (Å²) in [6.45, 7) is 0. The van der Waals surface area contributed by atoms with E-state index in [1.54, 1.807) is 18.2 Å². The van der Waals surface area contributed by atoms with Crippen molar-refractivity contribution in [1.82, 2.24) is 0 Å². The molecule has 2 N–H and O–H groups in total. The number of rotatable bonds is 2. The van der Waals surface area contributed by atoms with Gasteiger partial charge in [0.2, 0.25) is 0 Å². The van der Waals surface area contributed by atoms with Gasteiger partial charge in [0.05, 0.1) is 5.60 Å². The number of benzene rings is 1. The first kappa shape index (κ1) is 12.5. The molecule has 0 aliphatic heterocycles. The molecule has 17 heavy (non-hydrogen) atoms. The van der Waals surface area contributed by atoms with Crippen molar-refractivity contribution < 1.29 is 14.6 Å². The monoisotopic (exact) mass is 238 g/mol. The molecule has 0 spiro atoms. The maximum Gasteiger partial charge on any atom is 0.129 e. The third-order valence-corrected chi connectivity index (χ3v) is 3.68. The Labute approximate surface area is 101 Å². The Kier molecular flexibility index (Phi) is 3.79. The van der Waals surface area contributed by atoms with E-state index in [4.69, 9.17) is 0 Å². The van der Waals surface area contributed by atoms with Crippen molar-refractivity contribution in [2.45, 2.75) is 50.2 Å². The van der Waals surface area contributed by atoms with Crippen LogP contribution in [0.4, 0.5) is 4.39 Å². The smallest absolute Gasteiger partial charge is 0.129 e. The molecule has 2 nitrogen and oxygen atoms in total. The molecule has 1 fully saturated rings. The summed E-state index contributed by atoms with van der Waals surface area (Å²) in [4.78, 5) is 0. The molecule has 2 rings (SSSR count). The van der Waals surface area contributed by atoms with E-state index in [1.165, 1.54) is 6.07 Å². The summed E-state index contributed by atoms with van der Waals surface area (Å²) in [5.41, 5.74) is -0.962. The quantitative estimate of drug-likeness (QED) is 0.778. The second-order valence-electron chi connectivity index (χ2n) is 4.94. The fraction of sp³-hybridized carbons (Fsp3) is 0.571. The molecular formula is C14H19FO2. The third kappa shape index (κ3) is 2.67. The standard InChI is InChI=1S/C14H19FO2/c15-12-8-4-3-7-11(12)13(16)14(17)9-5-1-2-6-10-14/h3-4,7-8,13,16-17H,1-2,5-6,9-10H2. The van der Waals surface area contributed by atoms with Crippen LogP contribution in [0.1, 0.15) is 50.2 Å². The van der Waals surface area contributed by atoms with Crippen LogP contribution in [0.15, 0.2) is 24.3 Å². The molecule has 0 amide bonds.